The largest absolute Gasteiger partial charge is 0.497 e. The number of morpholine rings is 1. The summed E-state index contributed by atoms with van der Waals surface area (Å²) in [5, 5.41) is 6.74. The number of rotatable bonds is 9. The Morgan fingerprint density at radius 2 is 2.07 bits per heavy atom. The highest BCUT2D eigenvalue weighted by Crippen LogP contribution is 2.24. The summed E-state index contributed by atoms with van der Waals surface area (Å²) in [5.74, 6) is 3.16. The van der Waals surface area contributed by atoms with Gasteiger partial charge in [0.25, 0.3) is 0 Å². The van der Waals surface area contributed by atoms with Crippen LogP contribution in [0.25, 0.3) is 0 Å². The second kappa shape index (κ2) is 13.9. The molecular formula is C21H37IN4O3. The molecule has 0 aliphatic carbocycles. The maximum Gasteiger partial charge on any atom is 0.191 e. The second-order valence-electron chi connectivity index (χ2n) is 7.45. The van der Waals surface area contributed by atoms with Crippen molar-refractivity contribution in [3.05, 3.63) is 23.8 Å². The number of ether oxygens (including phenoxy) is 3. The summed E-state index contributed by atoms with van der Waals surface area (Å²) in [4.78, 5) is 6.79. The topological polar surface area (TPSA) is 67.4 Å². The second-order valence-corrected chi connectivity index (χ2v) is 7.45. The van der Waals surface area contributed by atoms with Gasteiger partial charge in [0.2, 0.25) is 0 Å². The number of nitrogens with zero attached hydrogens (tertiary/aromatic N) is 2. The molecule has 1 heterocycles. The van der Waals surface area contributed by atoms with Crippen molar-refractivity contribution in [2.24, 2.45) is 10.9 Å². The van der Waals surface area contributed by atoms with E-state index in [1.807, 2.05) is 18.2 Å². The van der Waals surface area contributed by atoms with E-state index in [0.29, 0.717) is 5.92 Å². The first-order chi connectivity index (χ1) is 13.5. The molecule has 2 N–H and O–H groups in total. The Balaban J connectivity index is 0.00000420. The van der Waals surface area contributed by atoms with E-state index in [2.05, 4.69) is 34.4 Å². The molecule has 1 saturated heterocycles. The van der Waals surface area contributed by atoms with E-state index in [1.54, 1.807) is 21.3 Å². The summed E-state index contributed by atoms with van der Waals surface area (Å²) in [6, 6.07) is 5.85. The monoisotopic (exact) mass is 520 g/mol. The van der Waals surface area contributed by atoms with Crippen LogP contribution in [-0.2, 0) is 11.2 Å². The molecular weight excluding hydrogens is 483 g/mol. The first kappa shape index (κ1) is 25.8. The van der Waals surface area contributed by atoms with Gasteiger partial charge in [-0.25, -0.2) is 0 Å². The quantitative estimate of drug-likeness (QED) is 0.296. The van der Waals surface area contributed by atoms with Crippen LogP contribution in [0.4, 0.5) is 0 Å². The standard InChI is InChI=1S/C21H36N4O3.HI/c1-16(2)14-25-10-11-28-19(15-25)13-24-21(22-3)23-9-8-17-12-18(26-4)6-7-20(17)27-5;/h6-7,12,16,19H,8-11,13-15H2,1-5H3,(H2,22,23,24);1H. The van der Waals surface area contributed by atoms with E-state index >= 15 is 0 Å². The Hall–Kier alpha value is -1.26. The smallest absolute Gasteiger partial charge is 0.191 e. The molecule has 166 valence electrons. The van der Waals surface area contributed by atoms with Gasteiger partial charge in [0.15, 0.2) is 5.96 Å². The maximum absolute atomic E-state index is 5.90. The third kappa shape index (κ3) is 8.96. The number of benzene rings is 1. The molecule has 1 aromatic carbocycles. The van der Waals surface area contributed by atoms with Gasteiger partial charge >= 0.3 is 0 Å². The Morgan fingerprint density at radius 1 is 1.28 bits per heavy atom. The lowest BCUT2D eigenvalue weighted by Crippen LogP contribution is -2.50. The van der Waals surface area contributed by atoms with Crippen molar-refractivity contribution in [1.82, 2.24) is 15.5 Å². The zero-order valence-electron chi connectivity index (χ0n) is 18.4. The first-order valence-corrected chi connectivity index (χ1v) is 10.0. The van der Waals surface area contributed by atoms with Gasteiger partial charge in [-0.3, -0.25) is 9.89 Å². The van der Waals surface area contributed by atoms with E-state index in [1.165, 1.54) is 0 Å². The van der Waals surface area contributed by atoms with Gasteiger partial charge < -0.3 is 24.8 Å². The fraction of sp³-hybridized carbons (Fsp3) is 0.667. The number of halogens is 1. The van der Waals surface area contributed by atoms with Crippen LogP contribution in [0.1, 0.15) is 19.4 Å². The van der Waals surface area contributed by atoms with E-state index < -0.39 is 0 Å². The molecule has 0 spiro atoms. The number of aliphatic imine (C=N–C) groups is 1. The van der Waals surface area contributed by atoms with Gasteiger partial charge in [-0.2, -0.15) is 0 Å². The lowest BCUT2D eigenvalue weighted by molar-refractivity contribution is -0.0284. The zero-order chi connectivity index (χ0) is 20.4. The van der Waals surface area contributed by atoms with Crippen molar-refractivity contribution in [2.75, 3.05) is 60.6 Å². The summed E-state index contributed by atoms with van der Waals surface area (Å²) in [7, 11) is 5.14. The average Bonchev–Trinajstić information content (AvgIpc) is 2.70. The summed E-state index contributed by atoms with van der Waals surface area (Å²) < 4.78 is 16.7. The molecule has 8 heteroatoms. The molecule has 0 radical (unpaired) electrons. The van der Waals surface area contributed by atoms with Gasteiger partial charge in [-0.1, -0.05) is 13.8 Å². The molecule has 0 amide bonds. The third-order valence-electron chi connectivity index (χ3n) is 4.74. The van der Waals surface area contributed by atoms with Crippen molar-refractivity contribution in [3.63, 3.8) is 0 Å². The van der Waals surface area contributed by atoms with Gasteiger partial charge in [-0.05, 0) is 36.1 Å². The number of nitrogens with one attached hydrogen (secondary N) is 2. The maximum atomic E-state index is 5.90. The van der Waals surface area contributed by atoms with E-state index in [-0.39, 0.29) is 30.1 Å². The number of hydrogen-bond acceptors (Lipinski definition) is 5. The molecule has 1 aliphatic rings. The van der Waals surface area contributed by atoms with Crippen LogP contribution in [-0.4, -0.2) is 77.6 Å². The Morgan fingerprint density at radius 3 is 2.72 bits per heavy atom. The van der Waals surface area contributed by atoms with E-state index in [4.69, 9.17) is 14.2 Å². The van der Waals surface area contributed by atoms with Crippen LogP contribution in [0.3, 0.4) is 0 Å². The minimum Gasteiger partial charge on any atom is -0.497 e. The molecule has 29 heavy (non-hydrogen) atoms. The lowest BCUT2D eigenvalue weighted by atomic mass is 10.1. The van der Waals surface area contributed by atoms with Crippen LogP contribution < -0.4 is 20.1 Å². The van der Waals surface area contributed by atoms with Crippen LogP contribution in [0.15, 0.2) is 23.2 Å². The summed E-state index contributed by atoms with van der Waals surface area (Å²) in [6.07, 6.45) is 0.993. The summed E-state index contributed by atoms with van der Waals surface area (Å²) in [5.41, 5.74) is 1.10. The van der Waals surface area contributed by atoms with Crippen LogP contribution in [0.2, 0.25) is 0 Å². The van der Waals surface area contributed by atoms with Crippen molar-refractivity contribution in [1.29, 1.82) is 0 Å². The minimum absolute atomic E-state index is 0. The highest BCUT2D eigenvalue weighted by molar-refractivity contribution is 14.0. The average molecular weight is 520 g/mol. The zero-order valence-corrected chi connectivity index (χ0v) is 20.7. The van der Waals surface area contributed by atoms with Crippen molar-refractivity contribution < 1.29 is 14.2 Å². The van der Waals surface area contributed by atoms with Crippen LogP contribution in [0.5, 0.6) is 11.5 Å². The Bertz CT molecular complexity index is 628. The number of methoxy groups -OCH3 is 2. The Labute approximate surface area is 192 Å². The SMILES string of the molecule is CN=C(NCCc1cc(OC)ccc1OC)NCC1CN(CC(C)C)CCO1.I. The first-order valence-electron chi connectivity index (χ1n) is 10.0. The molecule has 0 saturated carbocycles. The normalized spacial score (nSPS) is 17.6. The molecule has 0 bridgehead atoms. The summed E-state index contributed by atoms with van der Waals surface area (Å²) >= 11 is 0. The predicted octanol–water partition coefficient (Wildman–Crippen LogP) is 2.39. The van der Waals surface area contributed by atoms with Crippen LogP contribution in [0, 0.1) is 5.92 Å². The van der Waals surface area contributed by atoms with Gasteiger partial charge in [-0.15, -0.1) is 24.0 Å². The van der Waals surface area contributed by atoms with Crippen molar-refractivity contribution in [3.8, 4) is 11.5 Å². The van der Waals surface area contributed by atoms with Crippen molar-refractivity contribution >= 4 is 29.9 Å². The molecule has 1 fully saturated rings. The number of guanidine groups is 1. The molecule has 1 unspecified atom stereocenters. The number of hydrogen-bond donors (Lipinski definition) is 2. The molecule has 1 aromatic rings. The Kier molecular flexibility index (Phi) is 12.3. The fourth-order valence-electron chi connectivity index (χ4n) is 3.41. The van der Waals surface area contributed by atoms with E-state index in [0.717, 1.165) is 68.8 Å². The van der Waals surface area contributed by atoms with Gasteiger partial charge in [0, 0.05) is 39.8 Å². The summed E-state index contributed by atoms with van der Waals surface area (Å²) in [6.45, 7) is 9.89. The molecule has 1 atom stereocenters. The van der Waals surface area contributed by atoms with Gasteiger partial charge in [0.05, 0.1) is 26.9 Å². The van der Waals surface area contributed by atoms with Crippen molar-refractivity contribution in [2.45, 2.75) is 26.4 Å². The molecule has 2 rings (SSSR count). The molecule has 7 nitrogen and oxygen atoms in total. The molecule has 0 aromatic heterocycles. The van der Waals surface area contributed by atoms with E-state index in [9.17, 15) is 0 Å². The fourth-order valence-corrected chi connectivity index (χ4v) is 3.41. The highest BCUT2D eigenvalue weighted by atomic mass is 127. The third-order valence-corrected chi connectivity index (χ3v) is 4.74. The van der Waals surface area contributed by atoms with Gasteiger partial charge in [0.1, 0.15) is 11.5 Å². The van der Waals surface area contributed by atoms with Crippen LogP contribution >= 0.6 is 24.0 Å². The minimum atomic E-state index is 0. The lowest BCUT2D eigenvalue weighted by Gasteiger charge is -2.34. The highest BCUT2D eigenvalue weighted by Gasteiger charge is 2.21. The predicted molar refractivity (Wildman–Crippen MR) is 129 cm³/mol. The molecule has 1 aliphatic heterocycles.